The summed E-state index contributed by atoms with van der Waals surface area (Å²) in [4.78, 5) is 14.9. The van der Waals surface area contributed by atoms with Gasteiger partial charge >= 0.3 is 6.18 Å². The molecule has 1 N–H and O–H groups in total. The van der Waals surface area contributed by atoms with Gasteiger partial charge in [-0.1, -0.05) is 18.2 Å². The van der Waals surface area contributed by atoms with E-state index in [-0.39, 0.29) is 11.0 Å². The van der Waals surface area contributed by atoms with Crippen molar-refractivity contribution < 1.29 is 26.3 Å². The van der Waals surface area contributed by atoms with Gasteiger partial charge < -0.3 is 15.0 Å². The van der Waals surface area contributed by atoms with Crippen molar-refractivity contribution in [3.8, 4) is 0 Å². The van der Waals surface area contributed by atoms with Crippen LogP contribution in [0.2, 0.25) is 5.02 Å². The maximum absolute atomic E-state index is 12.9. The molecule has 0 saturated carbocycles. The lowest BCUT2D eigenvalue weighted by molar-refractivity contribution is -0.137. The van der Waals surface area contributed by atoms with Gasteiger partial charge in [0, 0.05) is 48.8 Å². The topological polar surface area (TPSA) is 97.3 Å². The Labute approximate surface area is 217 Å². The van der Waals surface area contributed by atoms with E-state index in [2.05, 4.69) is 26.8 Å². The smallest absolute Gasteiger partial charge is 0.416 e. The number of nitrogens with zero attached hydrogens (tertiary/aromatic N) is 4. The molecular formula is C24H23ClF3N5O3S. The van der Waals surface area contributed by atoms with Gasteiger partial charge in [0.25, 0.3) is 0 Å². The molecule has 1 aliphatic rings. The summed E-state index contributed by atoms with van der Waals surface area (Å²) in [6.07, 6.45) is -1.09. The van der Waals surface area contributed by atoms with Crippen LogP contribution >= 0.6 is 11.6 Å². The third-order valence-corrected chi connectivity index (χ3v) is 6.94. The Balaban J connectivity index is 1.66. The molecular weight excluding hydrogens is 531 g/mol. The zero-order valence-corrected chi connectivity index (χ0v) is 21.5. The van der Waals surface area contributed by atoms with E-state index in [1.165, 1.54) is 19.2 Å². The van der Waals surface area contributed by atoms with Gasteiger partial charge in [0.1, 0.15) is 17.4 Å². The van der Waals surface area contributed by atoms with E-state index in [0.29, 0.717) is 65.0 Å². The van der Waals surface area contributed by atoms with E-state index in [9.17, 15) is 21.6 Å². The molecule has 0 amide bonds. The number of pyridine rings is 1. The monoisotopic (exact) mass is 553 g/mol. The third-order valence-electron chi connectivity index (χ3n) is 5.82. The fraction of sp³-hybridized carbons (Fsp3) is 0.292. The maximum atomic E-state index is 12.9. The van der Waals surface area contributed by atoms with E-state index in [4.69, 9.17) is 16.3 Å². The van der Waals surface area contributed by atoms with Crippen LogP contribution in [-0.4, -0.2) is 49.8 Å². The van der Waals surface area contributed by atoms with Crippen LogP contribution in [0.5, 0.6) is 0 Å². The highest BCUT2D eigenvalue weighted by molar-refractivity contribution is 7.90. The second-order valence-electron chi connectivity index (χ2n) is 8.40. The average molecular weight is 554 g/mol. The molecule has 13 heteroatoms. The minimum absolute atomic E-state index is 0.220. The molecule has 3 heterocycles. The number of anilines is 3. The van der Waals surface area contributed by atoms with Crippen molar-refractivity contribution in [2.45, 2.75) is 24.2 Å². The second-order valence-corrected chi connectivity index (χ2v) is 10.7. The molecule has 0 unspecified atom stereocenters. The summed E-state index contributed by atoms with van der Waals surface area (Å²) in [5.41, 5.74) is 1.36. The van der Waals surface area contributed by atoms with Crippen molar-refractivity contribution >= 4 is 44.5 Å². The molecule has 37 heavy (non-hydrogen) atoms. The molecule has 2 aromatic heterocycles. The van der Waals surface area contributed by atoms with Gasteiger partial charge in [0.2, 0.25) is 15.0 Å². The number of ether oxygens (including phenoxy) is 1. The Morgan fingerprint density at radius 3 is 2.43 bits per heavy atom. The summed E-state index contributed by atoms with van der Waals surface area (Å²) in [5.74, 6) is 1.18. The molecule has 0 fully saturated rings. The van der Waals surface area contributed by atoms with Gasteiger partial charge in [-0.15, -0.1) is 0 Å². The largest absolute Gasteiger partial charge is 0.497 e. The highest BCUT2D eigenvalue weighted by Crippen LogP contribution is 2.33. The van der Waals surface area contributed by atoms with E-state index in [1.807, 2.05) is 4.90 Å². The Morgan fingerprint density at radius 2 is 1.84 bits per heavy atom. The predicted octanol–water partition coefficient (Wildman–Crippen LogP) is 4.91. The molecule has 8 nitrogen and oxygen atoms in total. The molecule has 0 aliphatic carbocycles. The van der Waals surface area contributed by atoms with E-state index >= 15 is 0 Å². The van der Waals surface area contributed by atoms with Crippen LogP contribution in [0.4, 0.5) is 30.5 Å². The van der Waals surface area contributed by atoms with Crippen molar-refractivity contribution in [1.29, 1.82) is 0 Å². The van der Waals surface area contributed by atoms with Crippen molar-refractivity contribution in [2.75, 3.05) is 36.7 Å². The predicted molar refractivity (Wildman–Crippen MR) is 135 cm³/mol. The van der Waals surface area contributed by atoms with E-state index < -0.39 is 21.6 Å². The van der Waals surface area contributed by atoms with Gasteiger partial charge in [-0.05, 0) is 36.8 Å². The number of nitrogens with one attached hydrogen (secondary N) is 1. The number of halogens is 4. The normalized spacial score (nSPS) is 14.1. The average Bonchev–Trinajstić information content (AvgIpc) is 3.05. The molecule has 196 valence electrons. The Morgan fingerprint density at radius 1 is 1.16 bits per heavy atom. The first-order valence-corrected chi connectivity index (χ1v) is 13.3. The van der Waals surface area contributed by atoms with Gasteiger partial charge in [-0.2, -0.15) is 13.2 Å². The quantitative estimate of drug-likeness (QED) is 0.340. The highest BCUT2D eigenvalue weighted by Gasteiger charge is 2.30. The summed E-state index contributed by atoms with van der Waals surface area (Å²) < 4.78 is 68.5. The van der Waals surface area contributed by atoms with E-state index in [1.54, 1.807) is 12.3 Å². The number of hydrogen-bond donors (Lipinski definition) is 1. The summed E-state index contributed by atoms with van der Waals surface area (Å²) in [5, 5.41) is 3.00. The zero-order chi connectivity index (χ0) is 27.0. The van der Waals surface area contributed by atoms with Crippen molar-refractivity contribution in [1.82, 2.24) is 15.0 Å². The number of benzene rings is 1. The lowest BCUT2D eigenvalue weighted by atomic mass is 10.1. The van der Waals surface area contributed by atoms with Crippen LogP contribution in [-0.2, 0) is 33.6 Å². The summed E-state index contributed by atoms with van der Waals surface area (Å²) in [6.45, 7) is 4.71. The van der Waals surface area contributed by atoms with Gasteiger partial charge in [0.05, 0.1) is 23.4 Å². The molecule has 4 rings (SSSR count). The highest BCUT2D eigenvalue weighted by atomic mass is 35.5. The van der Waals surface area contributed by atoms with Crippen molar-refractivity contribution in [3.05, 3.63) is 70.5 Å². The number of hydrogen-bond acceptors (Lipinski definition) is 8. The maximum Gasteiger partial charge on any atom is 0.416 e. The van der Waals surface area contributed by atoms with Crippen LogP contribution in [0.15, 0.2) is 48.3 Å². The van der Waals surface area contributed by atoms with Crippen molar-refractivity contribution in [2.24, 2.45) is 0 Å². The lowest BCUT2D eigenvalue weighted by Gasteiger charge is -2.22. The van der Waals surface area contributed by atoms with Gasteiger partial charge in [-0.25, -0.2) is 23.4 Å². The van der Waals surface area contributed by atoms with Gasteiger partial charge in [0.15, 0.2) is 0 Å². The van der Waals surface area contributed by atoms with Crippen LogP contribution < -0.4 is 10.2 Å². The molecule has 0 saturated heterocycles. The first-order valence-electron chi connectivity index (χ1n) is 11.0. The number of fused-ring (bicyclic) bond motifs is 1. The third kappa shape index (κ3) is 5.96. The Hall–Kier alpha value is -3.38. The molecule has 0 spiro atoms. The van der Waals surface area contributed by atoms with Gasteiger partial charge in [-0.3, -0.25) is 0 Å². The van der Waals surface area contributed by atoms with Crippen LogP contribution in [0.25, 0.3) is 5.76 Å². The number of sulfone groups is 1. The molecule has 1 aliphatic heterocycles. The standard InChI is InChI=1S/C24H23ClF3N5O3S/c1-14(36-2)15-12-19(25)22(29-13-15)33-10-8-18-20(9-11-33)31-23(37(3,34)35)32-21(18)30-17-6-4-16(5-7-17)24(26,27)28/h4-7,12-13H,1,8-11H2,2-3H3,(H,30,31,32). The Kier molecular flexibility index (Phi) is 7.33. The number of rotatable bonds is 6. The first-order chi connectivity index (χ1) is 17.4. The second kappa shape index (κ2) is 10.2. The van der Waals surface area contributed by atoms with Crippen molar-refractivity contribution in [3.63, 3.8) is 0 Å². The Bertz CT molecular complexity index is 1450. The van der Waals surface area contributed by atoms with Crippen LogP contribution in [0.1, 0.15) is 22.4 Å². The molecule has 0 atom stereocenters. The van der Waals surface area contributed by atoms with E-state index in [0.717, 1.165) is 18.4 Å². The number of alkyl halides is 3. The lowest BCUT2D eigenvalue weighted by Crippen LogP contribution is -2.27. The molecule has 0 radical (unpaired) electrons. The molecule has 0 bridgehead atoms. The fourth-order valence-electron chi connectivity index (χ4n) is 3.87. The summed E-state index contributed by atoms with van der Waals surface area (Å²) in [7, 11) is -2.26. The minimum atomic E-state index is -4.47. The fourth-order valence-corrected chi connectivity index (χ4v) is 4.69. The minimum Gasteiger partial charge on any atom is -0.497 e. The molecule has 1 aromatic carbocycles. The van der Waals surface area contributed by atoms with Crippen LogP contribution in [0, 0.1) is 0 Å². The number of methoxy groups -OCH3 is 1. The first kappa shape index (κ1) is 26.7. The zero-order valence-electron chi connectivity index (χ0n) is 19.9. The number of aromatic nitrogens is 3. The summed E-state index contributed by atoms with van der Waals surface area (Å²) >= 11 is 6.50. The van der Waals surface area contributed by atoms with Crippen LogP contribution in [0.3, 0.4) is 0 Å². The summed E-state index contributed by atoms with van der Waals surface area (Å²) in [6, 6.07) is 6.11. The molecule has 3 aromatic rings. The SMILES string of the molecule is C=C(OC)c1cnc(N2CCc3nc(S(C)(=O)=O)nc(Nc4ccc(C(F)(F)F)cc4)c3CC2)c(Cl)c1.